The second-order valence-electron chi connectivity index (χ2n) is 4.53. The summed E-state index contributed by atoms with van der Waals surface area (Å²) in [5.41, 5.74) is 2.07. The predicted molar refractivity (Wildman–Crippen MR) is 82.1 cm³/mol. The third-order valence-corrected chi connectivity index (χ3v) is 3.90. The van der Waals surface area contributed by atoms with E-state index in [9.17, 15) is 10.0 Å². The van der Waals surface area contributed by atoms with Crippen molar-refractivity contribution in [2.45, 2.75) is 6.61 Å². The minimum Gasteiger partial charge on any atom is -0.619 e. The summed E-state index contributed by atoms with van der Waals surface area (Å²) in [5.74, 6) is -0.477. The Bertz CT molecular complexity index is 770. The van der Waals surface area contributed by atoms with Gasteiger partial charge >= 0.3 is 5.97 Å². The molecule has 0 spiro atoms. The first-order chi connectivity index (χ1) is 10.7. The van der Waals surface area contributed by atoms with Crippen molar-refractivity contribution in [2.75, 3.05) is 0 Å². The van der Waals surface area contributed by atoms with Crippen LogP contribution in [-0.2, 0) is 11.3 Å². The number of thiazole rings is 1. The zero-order valence-corrected chi connectivity index (χ0v) is 12.3. The number of benzene rings is 1. The molecule has 3 rings (SSSR count). The van der Waals surface area contributed by atoms with Gasteiger partial charge in [0.1, 0.15) is 11.6 Å². The first-order valence-electron chi connectivity index (χ1n) is 6.58. The molecule has 0 N–H and O–H groups in total. The van der Waals surface area contributed by atoms with Crippen molar-refractivity contribution < 1.29 is 14.3 Å². The van der Waals surface area contributed by atoms with Crippen molar-refractivity contribution >= 4 is 17.3 Å². The molecule has 0 radical (unpaired) electrons. The molecule has 0 saturated heterocycles. The van der Waals surface area contributed by atoms with Crippen LogP contribution in [0.2, 0.25) is 0 Å². The summed E-state index contributed by atoms with van der Waals surface area (Å²) >= 11 is 1.51. The van der Waals surface area contributed by atoms with E-state index in [-0.39, 0.29) is 6.61 Å². The van der Waals surface area contributed by atoms with Gasteiger partial charge in [-0.3, -0.25) is 0 Å². The van der Waals surface area contributed by atoms with E-state index >= 15 is 0 Å². The van der Waals surface area contributed by atoms with Crippen LogP contribution in [0.4, 0.5) is 0 Å². The van der Waals surface area contributed by atoms with Gasteiger partial charge in [0, 0.05) is 23.1 Å². The number of aromatic nitrogens is 2. The fraction of sp³-hybridized carbons (Fsp3) is 0.0625. The molecule has 1 aromatic carbocycles. The lowest BCUT2D eigenvalue weighted by Gasteiger charge is -2.02. The molecule has 0 bridgehead atoms. The van der Waals surface area contributed by atoms with Gasteiger partial charge in [0.25, 0.3) is 0 Å². The number of esters is 1. The number of carbonyl (C=O) groups is 1. The van der Waals surface area contributed by atoms with Crippen molar-refractivity contribution in [2.24, 2.45) is 0 Å². The molecule has 0 saturated carbocycles. The van der Waals surface area contributed by atoms with Crippen LogP contribution in [0, 0.1) is 5.21 Å². The Morgan fingerprint density at radius 2 is 1.91 bits per heavy atom. The van der Waals surface area contributed by atoms with Crippen LogP contribution < -0.4 is 4.73 Å². The van der Waals surface area contributed by atoms with Crippen LogP contribution in [0.15, 0.2) is 60.2 Å². The topological polar surface area (TPSA) is 66.1 Å². The molecule has 0 atom stereocenters. The third kappa shape index (κ3) is 3.29. The summed E-state index contributed by atoms with van der Waals surface area (Å²) in [6.45, 7) is 0.106. The Morgan fingerprint density at radius 1 is 1.18 bits per heavy atom. The molecular formula is C16H12N2O3S. The average molecular weight is 312 g/mol. The lowest BCUT2D eigenvalue weighted by atomic mass is 10.2. The Hall–Kier alpha value is -2.73. The molecule has 3 aromatic rings. The number of hydrogen-bond acceptors (Lipinski definition) is 5. The fourth-order valence-corrected chi connectivity index (χ4v) is 2.67. The molecule has 0 fully saturated rings. The first kappa shape index (κ1) is 14.2. The van der Waals surface area contributed by atoms with Crippen LogP contribution in [0.3, 0.4) is 0 Å². The molecule has 0 aliphatic heterocycles. The van der Waals surface area contributed by atoms with Crippen molar-refractivity contribution in [3.05, 3.63) is 76.7 Å². The van der Waals surface area contributed by atoms with Crippen LogP contribution in [0.1, 0.15) is 16.1 Å². The van der Waals surface area contributed by atoms with E-state index in [0.717, 1.165) is 10.6 Å². The molecule has 2 heterocycles. The van der Waals surface area contributed by atoms with Crippen molar-refractivity contribution in [3.8, 4) is 10.6 Å². The zero-order chi connectivity index (χ0) is 15.4. The van der Waals surface area contributed by atoms with E-state index < -0.39 is 5.97 Å². The number of pyridine rings is 1. The maximum atomic E-state index is 11.8. The number of ether oxygens (including phenoxy) is 1. The molecule has 0 amide bonds. The predicted octanol–water partition coefficient (Wildman–Crippen LogP) is 2.80. The first-order valence-corrected chi connectivity index (χ1v) is 7.46. The molecule has 22 heavy (non-hydrogen) atoms. The van der Waals surface area contributed by atoms with E-state index in [1.54, 1.807) is 0 Å². The maximum Gasteiger partial charge on any atom is 0.338 e. The number of hydrogen-bond donors (Lipinski definition) is 0. The lowest BCUT2D eigenvalue weighted by molar-refractivity contribution is -0.605. The minimum atomic E-state index is -0.477. The van der Waals surface area contributed by atoms with Crippen LogP contribution >= 0.6 is 11.3 Å². The Labute approximate surface area is 131 Å². The molecular weight excluding hydrogens is 300 g/mol. The average Bonchev–Trinajstić information content (AvgIpc) is 3.03. The SMILES string of the molecule is O=C(OCc1csc(-c2ccccc2)n1)c1cc[n+]([O-])cc1. The third-order valence-electron chi connectivity index (χ3n) is 2.96. The van der Waals surface area contributed by atoms with E-state index in [1.165, 1.54) is 35.9 Å². The Morgan fingerprint density at radius 3 is 2.64 bits per heavy atom. The van der Waals surface area contributed by atoms with Gasteiger partial charge in [-0.1, -0.05) is 30.3 Å². The van der Waals surface area contributed by atoms with Crippen LogP contribution in [-0.4, -0.2) is 11.0 Å². The second-order valence-corrected chi connectivity index (χ2v) is 5.39. The number of rotatable bonds is 4. The largest absolute Gasteiger partial charge is 0.619 e. The smallest absolute Gasteiger partial charge is 0.338 e. The summed E-state index contributed by atoms with van der Waals surface area (Å²) in [6, 6.07) is 12.7. The standard InChI is InChI=1S/C16H12N2O3S/c19-16(13-6-8-18(20)9-7-13)21-10-14-11-22-15(17-14)12-4-2-1-3-5-12/h1-9,11H,10H2. The molecule has 0 aliphatic rings. The maximum absolute atomic E-state index is 11.8. The van der Waals surface area contributed by atoms with Gasteiger partial charge in [-0.2, -0.15) is 4.73 Å². The van der Waals surface area contributed by atoms with Crippen molar-refractivity contribution in [1.82, 2.24) is 4.98 Å². The number of carbonyl (C=O) groups excluding carboxylic acids is 1. The molecule has 5 nitrogen and oxygen atoms in total. The van der Waals surface area contributed by atoms with Gasteiger partial charge in [0.15, 0.2) is 12.4 Å². The number of nitrogens with zero attached hydrogens (tertiary/aromatic N) is 2. The highest BCUT2D eigenvalue weighted by molar-refractivity contribution is 7.13. The van der Waals surface area contributed by atoms with E-state index in [1.807, 2.05) is 35.7 Å². The highest BCUT2D eigenvalue weighted by atomic mass is 32.1. The van der Waals surface area contributed by atoms with Gasteiger partial charge in [0.05, 0.1) is 11.3 Å². The van der Waals surface area contributed by atoms with Crippen LogP contribution in [0.5, 0.6) is 0 Å². The Kier molecular flexibility index (Phi) is 4.11. The summed E-state index contributed by atoms with van der Waals surface area (Å²) in [7, 11) is 0. The van der Waals surface area contributed by atoms with Crippen LogP contribution in [0.25, 0.3) is 10.6 Å². The molecule has 2 aromatic heterocycles. The van der Waals surface area contributed by atoms with Gasteiger partial charge in [-0.15, -0.1) is 11.3 Å². The fourth-order valence-electron chi connectivity index (χ4n) is 1.86. The van der Waals surface area contributed by atoms with Gasteiger partial charge in [-0.05, 0) is 0 Å². The molecule has 6 heteroatoms. The summed E-state index contributed by atoms with van der Waals surface area (Å²) in [5, 5.41) is 13.7. The van der Waals surface area contributed by atoms with Gasteiger partial charge in [-0.25, -0.2) is 9.78 Å². The molecule has 110 valence electrons. The second kappa shape index (κ2) is 6.36. The van der Waals surface area contributed by atoms with Gasteiger partial charge in [0.2, 0.25) is 0 Å². The van der Waals surface area contributed by atoms with Gasteiger partial charge < -0.3 is 9.94 Å². The quantitative estimate of drug-likeness (QED) is 0.422. The molecule has 0 aliphatic carbocycles. The highest BCUT2D eigenvalue weighted by Crippen LogP contribution is 2.23. The monoisotopic (exact) mass is 312 g/mol. The summed E-state index contributed by atoms with van der Waals surface area (Å²) in [4.78, 5) is 16.3. The van der Waals surface area contributed by atoms with E-state index in [2.05, 4.69) is 4.98 Å². The van der Waals surface area contributed by atoms with E-state index in [4.69, 9.17) is 4.74 Å². The lowest BCUT2D eigenvalue weighted by Crippen LogP contribution is -2.24. The van der Waals surface area contributed by atoms with E-state index in [0.29, 0.717) is 16.0 Å². The van der Waals surface area contributed by atoms with Crippen molar-refractivity contribution in [3.63, 3.8) is 0 Å². The normalized spacial score (nSPS) is 10.4. The Balaban J connectivity index is 1.64. The van der Waals surface area contributed by atoms with Crippen molar-refractivity contribution in [1.29, 1.82) is 0 Å². The summed E-state index contributed by atoms with van der Waals surface area (Å²) < 4.78 is 5.81. The molecule has 0 unspecified atom stereocenters. The zero-order valence-electron chi connectivity index (χ0n) is 11.5. The summed E-state index contributed by atoms with van der Waals surface area (Å²) in [6.07, 6.45) is 2.51. The highest BCUT2D eigenvalue weighted by Gasteiger charge is 2.10. The minimum absolute atomic E-state index is 0.106.